The smallest absolute Gasteiger partial charge is 0.343 e. The zero-order valence-electron chi connectivity index (χ0n) is 18.8. The minimum atomic E-state index is -2.53. The first kappa shape index (κ1) is 27.5. The van der Waals surface area contributed by atoms with Crippen LogP contribution in [-0.4, -0.2) is 31.2 Å². The van der Waals surface area contributed by atoms with Gasteiger partial charge in [-0.15, -0.1) is 33.2 Å². The number of ether oxygens (including phenoxy) is 3. The Morgan fingerprint density at radius 2 is 1.42 bits per heavy atom. The molecule has 2 rings (SSSR count). The molecule has 0 aromatic heterocycles. The lowest BCUT2D eigenvalue weighted by molar-refractivity contribution is 0.0447. The topological polar surface area (TPSA) is 61.8 Å². The van der Waals surface area contributed by atoms with Crippen LogP contribution < -0.4 is 9.47 Å². The normalized spacial score (nSPS) is 12.2. The average molecular weight is 532 g/mol. The van der Waals surface area contributed by atoms with Gasteiger partial charge in [0.2, 0.25) is 0 Å². The fraction of sp³-hybridized carbons (Fsp3) is 0.417. The molecule has 0 heterocycles. The van der Waals surface area contributed by atoms with Gasteiger partial charge in [0, 0.05) is 0 Å². The van der Waals surface area contributed by atoms with Crippen molar-refractivity contribution in [2.75, 3.05) is 13.2 Å². The molecular formula is C24H29Cl3O5Si. The van der Waals surface area contributed by atoms with Crippen molar-refractivity contribution in [2.24, 2.45) is 5.92 Å². The maximum atomic E-state index is 12.4. The van der Waals surface area contributed by atoms with Crippen LogP contribution in [0.15, 0.2) is 48.5 Å². The van der Waals surface area contributed by atoms with E-state index in [2.05, 4.69) is 0 Å². The molecule has 0 amide bonds. The molecule has 0 unspecified atom stereocenters. The van der Waals surface area contributed by atoms with E-state index in [0.717, 1.165) is 25.7 Å². The Hall–Kier alpha value is -1.73. The van der Waals surface area contributed by atoms with Crippen LogP contribution in [0.25, 0.3) is 0 Å². The van der Waals surface area contributed by atoms with Gasteiger partial charge in [0.05, 0.1) is 24.3 Å². The molecule has 0 radical (unpaired) electrons. The van der Waals surface area contributed by atoms with Crippen molar-refractivity contribution in [2.45, 2.75) is 45.6 Å². The predicted octanol–water partition coefficient (Wildman–Crippen LogP) is 7.31. The molecular weight excluding hydrogens is 503 g/mol. The van der Waals surface area contributed by atoms with Crippen molar-refractivity contribution in [3.05, 3.63) is 59.7 Å². The minimum Gasteiger partial charge on any atom is -0.494 e. The van der Waals surface area contributed by atoms with E-state index in [0.29, 0.717) is 47.8 Å². The van der Waals surface area contributed by atoms with E-state index in [1.807, 2.05) is 13.8 Å². The fourth-order valence-electron chi connectivity index (χ4n) is 2.73. The Labute approximate surface area is 210 Å². The van der Waals surface area contributed by atoms with Crippen LogP contribution in [0.1, 0.15) is 60.2 Å². The number of carbonyl (C=O) groups excluding carboxylic acids is 2. The molecule has 0 aliphatic carbocycles. The molecule has 1 atom stereocenters. The van der Waals surface area contributed by atoms with E-state index >= 15 is 0 Å². The molecule has 9 heteroatoms. The summed E-state index contributed by atoms with van der Waals surface area (Å²) >= 11 is 17.6. The Morgan fingerprint density at radius 3 is 2.00 bits per heavy atom. The van der Waals surface area contributed by atoms with Crippen LogP contribution in [0.4, 0.5) is 0 Å². The molecule has 2 aromatic rings. The third-order valence-electron chi connectivity index (χ3n) is 4.96. The summed E-state index contributed by atoms with van der Waals surface area (Å²) in [7, 11) is 0. The third-order valence-corrected chi connectivity index (χ3v) is 7.58. The SMILES string of the molecule is CC[C@H](C)COC(=O)c1ccc(OC(=O)c2ccc(OCCCCC[Si](Cl)(Cl)Cl)cc2)cc1. The van der Waals surface area contributed by atoms with E-state index < -0.39 is 17.9 Å². The lowest BCUT2D eigenvalue weighted by Gasteiger charge is -2.10. The number of benzene rings is 2. The molecule has 0 aliphatic rings. The molecule has 180 valence electrons. The minimum absolute atomic E-state index is 0.312. The second-order valence-electron chi connectivity index (χ2n) is 7.82. The maximum absolute atomic E-state index is 12.4. The third kappa shape index (κ3) is 10.8. The highest BCUT2D eigenvalue weighted by Crippen LogP contribution is 2.27. The van der Waals surface area contributed by atoms with Crippen LogP contribution >= 0.6 is 33.2 Å². The number of hydrogen-bond acceptors (Lipinski definition) is 5. The van der Waals surface area contributed by atoms with E-state index in [1.54, 1.807) is 48.5 Å². The Morgan fingerprint density at radius 1 is 0.848 bits per heavy atom. The van der Waals surface area contributed by atoms with Crippen molar-refractivity contribution in [3.63, 3.8) is 0 Å². The van der Waals surface area contributed by atoms with E-state index in [4.69, 9.17) is 47.4 Å². The summed E-state index contributed by atoms with van der Waals surface area (Å²) in [5.41, 5.74) is 0.806. The van der Waals surface area contributed by atoms with Crippen molar-refractivity contribution in [1.29, 1.82) is 0 Å². The largest absolute Gasteiger partial charge is 0.494 e. The van der Waals surface area contributed by atoms with Gasteiger partial charge in [-0.25, -0.2) is 9.59 Å². The lowest BCUT2D eigenvalue weighted by atomic mass is 10.1. The van der Waals surface area contributed by atoms with Gasteiger partial charge in [-0.3, -0.25) is 0 Å². The number of halogens is 3. The number of unbranched alkanes of at least 4 members (excludes halogenated alkanes) is 2. The molecule has 0 fully saturated rings. The summed E-state index contributed by atoms with van der Waals surface area (Å²) in [6.45, 7) is 5.00. The first-order chi connectivity index (χ1) is 15.7. The quantitative estimate of drug-likeness (QED) is 0.0891. The lowest BCUT2D eigenvalue weighted by Crippen LogP contribution is -2.12. The maximum Gasteiger partial charge on any atom is 0.343 e. The molecule has 33 heavy (non-hydrogen) atoms. The monoisotopic (exact) mass is 530 g/mol. The van der Waals surface area contributed by atoms with Gasteiger partial charge in [0.25, 0.3) is 0 Å². The van der Waals surface area contributed by atoms with Crippen LogP contribution in [0, 0.1) is 5.92 Å². The molecule has 0 spiro atoms. The van der Waals surface area contributed by atoms with Crippen molar-refractivity contribution in [3.8, 4) is 11.5 Å². The number of hydrogen-bond donors (Lipinski definition) is 0. The highest BCUT2D eigenvalue weighted by molar-refractivity contribution is 7.64. The van der Waals surface area contributed by atoms with Gasteiger partial charge in [0.1, 0.15) is 11.5 Å². The van der Waals surface area contributed by atoms with Gasteiger partial charge in [-0.1, -0.05) is 33.1 Å². The standard InChI is InChI=1S/C24H29Cl3O5Si/c1-3-18(2)17-31-23(28)19-9-13-22(14-10-19)32-24(29)20-7-11-21(12-8-20)30-15-5-4-6-16-33(25,26)27/h7-14,18H,3-6,15-17H2,1-2H3/t18-/m0/s1. The fourth-order valence-corrected chi connectivity index (χ4v) is 4.58. The summed E-state index contributed by atoms with van der Waals surface area (Å²) < 4.78 is 16.3. The van der Waals surface area contributed by atoms with Gasteiger partial charge in [-0.05, 0) is 66.9 Å². The molecule has 0 aliphatic heterocycles. The van der Waals surface area contributed by atoms with Crippen molar-refractivity contribution >= 4 is 51.2 Å². The highest BCUT2D eigenvalue weighted by atomic mass is 35.8. The van der Waals surface area contributed by atoms with Crippen molar-refractivity contribution < 1.29 is 23.8 Å². The second-order valence-corrected chi connectivity index (χ2v) is 17.1. The van der Waals surface area contributed by atoms with E-state index in [1.165, 1.54) is 0 Å². The summed E-state index contributed by atoms with van der Waals surface area (Å²) in [6.07, 6.45) is 3.60. The first-order valence-electron chi connectivity index (χ1n) is 11.0. The highest BCUT2D eigenvalue weighted by Gasteiger charge is 2.23. The van der Waals surface area contributed by atoms with Gasteiger partial charge in [0.15, 0.2) is 0 Å². The second kappa shape index (κ2) is 13.8. The molecule has 5 nitrogen and oxygen atoms in total. The zero-order chi connectivity index (χ0) is 24.3. The number of esters is 2. The summed E-state index contributed by atoms with van der Waals surface area (Å²) in [5.74, 6) is 0.436. The first-order valence-corrected chi connectivity index (χ1v) is 16.2. The zero-order valence-corrected chi connectivity index (χ0v) is 22.1. The predicted molar refractivity (Wildman–Crippen MR) is 135 cm³/mol. The van der Waals surface area contributed by atoms with Gasteiger partial charge in [-0.2, -0.15) is 0 Å². The van der Waals surface area contributed by atoms with Crippen LogP contribution in [0.3, 0.4) is 0 Å². The average Bonchev–Trinajstić information content (AvgIpc) is 2.79. The summed E-state index contributed by atoms with van der Waals surface area (Å²) in [5, 5.41) is 0. The van der Waals surface area contributed by atoms with Crippen LogP contribution in [0.5, 0.6) is 11.5 Å². The summed E-state index contributed by atoms with van der Waals surface area (Å²) in [6, 6.07) is 11.2. The Kier molecular flexibility index (Phi) is 11.5. The molecule has 0 N–H and O–H groups in total. The molecule has 2 aromatic carbocycles. The molecule has 0 bridgehead atoms. The van der Waals surface area contributed by atoms with E-state index in [9.17, 15) is 9.59 Å². The van der Waals surface area contributed by atoms with Crippen LogP contribution in [-0.2, 0) is 4.74 Å². The summed E-state index contributed by atoms with van der Waals surface area (Å²) in [4.78, 5) is 24.4. The van der Waals surface area contributed by atoms with Crippen molar-refractivity contribution in [1.82, 2.24) is 0 Å². The van der Waals surface area contributed by atoms with Crippen LogP contribution in [0.2, 0.25) is 6.04 Å². The number of rotatable bonds is 13. The molecule has 0 saturated heterocycles. The van der Waals surface area contributed by atoms with E-state index in [-0.39, 0.29) is 0 Å². The molecule has 0 saturated carbocycles. The number of carbonyl (C=O) groups is 2. The van der Waals surface area contributed by atoms with Gasteiger partial charge >= 0.3 is 17.9 Å². The van der Waals surface area contributed by atoms with Gasteiger partial charge < -0.3 is 14.2 Å². The Bertz CT molecular complexity index is 882. The Balaban J connectivity index is 1.77.